The Morgan fingerprint density at radius 2 is 1.46 bits per heavy atom. The van der Waals surface area contributed by atoms with Crippen molar-refractivity contribution in [1.29, 1.82) is 0 Å². The molecule has 0 bridgehead atoms. The van der Waals surface area contributed by atoms with E-state index in [1.54, 1.807) is 91.0 Å². The molecular weight excluding hydrogens is 511 g/mol. The van der Waals surface area contributed by atoms with Crippen LogP contribution in [0, 0.1) is 0 Å². The molecule has 0 radical (unpaired) electrons. The minimum Gasteiger partial charge on any atom is -0.465 e. The van der Waals surface area contributed by atoms with Gasteiger partial charge in [0, 0.05) is 32.4 Å². The average molecular weight is 531 g/mol. The van der Waals surface area contributed by atoms with Crippen molar-refractivity contribution in [1.82, 2.24) is 5.32 Å². The van der Waals surface area contributed by atoms with Gasteiger partial charge in [-0.2, -0.15) is 0 Å². The molecule has 8 heteroatoms. The number of allylic oxidation sites excluding steroid dienone is 1. The van der Waals surface area contributed by atoms with E-state index >= 15 is 0 Å². The monoisotopic (exact) mass is 530 g/mol. The average Bonchev–Trinajstić information content (AvgIpc) is 3.43. The number of anilines is 1. The molecule has 6 nitrogen and oxygen atoms in total. The van der Waals surface area contributed by atoms with E-state index in [2.05, 4.69) is 10.6 Å². The molecule has 0 spiro atoms. The Balaban J connectivity index is 1.54. The Bertz CT molecular complexity index is 1460. The summed E-state index contributed by atoms with van der Waals surface area (Å²) in [7, 11) is 0. The largest absolute Gasteiger partial charge is 0.465 e. The summed E-state index contributed by atoms with van der Waals surface area (Å²) in [5.41, 5.74) is 1.54. The van der Waals surface area contributed by atoms with E-state index < -0.39 is 11.8 Å². The molecule has 3 aromatic carbocycles. The number of ketones is 1. The number of amides is 2. The van der Waals surface area contributed by atoms with Gasteiger partial charge in [0.2, 0.25) is 0 Å². The van der Waals surface area contributed by atoms with Crippen molar-refractivity contribution in [2.75, 3.05) is 5.32 Å². The quantitative estimate of drug-likeness (QED) is 0.191. The summed E-state index contributed by atoms with van der Waals surface area (Å²) in [6, 6.07) is 23.2. The molecule has 0 atom stereocenters. The smallest absolute Gasteiger partial charge is 0.272 e. The van der Waals surface area contributed by atoms with Crippen LogP contribution in [0.5, 0.6) is 0 Å². The van der Waals surface area contributed by atoms with Gasteiger partial charge in [0.05, 0.1) is 6.26 Å². The second-order valence-electron chi connectivity index (χ2n) is 7.76. The third kappa shape index (κ3) is 6.85. The molecule has 0 fully saturated rings. The fraction of sp³-hybridized carbons (Fsp3) is 0. The number of hydrogen-bond acceptors (Lipinski definition) is 4. The molecule has 2 N–H and O–H groups in total. The van der Waals surface area contributed by atoms with E-state index in [0.717, 1.165) is 0 Å². The Hall–Kier alpha value is -4.39. The van der Waals surface area contributed by atoms with E-state index in [4.69, 9.17) is 27.6 Å². The molecule has 0 aliphatic rings. The van der Waals surface area contributed by atoms with Gasteiger partial charge in [0.25, 0.3) is 11.8 Å². The molecule has 0 aliphatic heterocycles. The zero-order valence-corrected chi connectivity index (χ0v) is 20.8. The van der Waals surface area contributed by atoms with Crippen molar-refractivity contribution >= 4 is 58.6 Å². The van der Waals surface area contributed by atoms with E-state index in [9.17, 15) is 14.4 Å². The third-order valence-electron chi connectivity index (χ3n) is 5.19. The van der Waals surface area contributed by atoms with Crippen molar-refractivity contribution in [2.24, 2.45) is 0 Å². The lowest BCUT2D eigenvalue weighted by Gasteiger charge is -2.12. The highest BCUT2D eigenvalue weighted by molar-refractivity contribution is 6.37. The SMILES string of the molecule is O=C(Nc1ccc(C(=O)/C=C/c2ccco2)cc1)/C(=C/c1c(Cl)cccc1Cl)NC(=O)c1ccccc1. The minimum absolute atomic E-state index is 0.0645. The Kier molecular flexibility index (Phi) is 8.36. The molecule has 4 aromatic rings. The lowest BCUT2D eigenvalue weighted by atomic mass is 10.1. The van der Waals surface area contributed by atoms with Crippen LogP contribution in [0.4, 0.5) is 5.69 Å². The first-order valence-corrected chi connectivity index (χ1v) is 11.9. The van der Waals surface area contributed by atoms with Gasteiger partial charge in [0.1, 0.15) is 11.5 Å². The fourth-order valence-corrected chi connectivity index (χ4v) is 3.80. The van der Waals surface area contributed by atoms with Crippen molar-refractivity contribution in [2.45, 2.75) is 0 Å². The standard InChI is InChI=1S/C29H20Cl2N2O4/c30-24-9-4-10-25(31)23(24)18-26(33-28(35)20-6-2-1-3-7-20)29(36)32-21-13-11-19(12-14-21)27(34)16-15-22-8-5-17-37-22/h1-18H,(H,32,36)(H,33,35)/b16-15+,26-18-. The predicted molar refractivity (Wildman–Crippen MR) is 145 cm³/mol. The summed E-state index contributed by atoms with van der Waals surface area (Å²) in [5, 5.41) is 6.00. The molecule has 4 rings (SSSR count). The Labute approximate surface area is 223 Å². The first kappa shape index (κ1) is 25.7. The first-order chi connectivity index (χ1) is 17.9. The lowest BCUT2D eigenvalue weighted by Crippen LogP contribution is -2.30. The van der Waals surface area contributed by atoms with Gasteiger partial charge in [0.15, 0.2) is 5.78 Å². The van der Waals surface area contributed by atoms with Crippen molar-refractivity contribution < 1.29 is 18.8 Å². The normalized spacial score (nSPS) is 11.4. The highest BCUT2D eigenvalue weighted by Crippen LogP contribution is 2.27. The van der Waals surface area contributed by atoms with Gasteiger partial charge in [-0.25, -0.2) is 0 Å². The van der Waals surface area contributed by atoms with Crippen LogP contribution in [-0.4, -0.2) is 17.6 Å². The maximum Gasteiger partial charge on any atom is 0.272 e. The Morgan fingerprint density at radius 1 is 0.757 bits per heavy atom. The van der Waals surface area contributed by atoms with Crippen LogP contribution in [0.1, 0.15) is 32.0 Å². The van der Waals surface area contributed by atoms with E-state index in [-0.39, 0.29) is 11.5 Å². The number of carbonyl (C=O) groups excluding carboxylic acids is 3. The lowest BCUT2D eigenvalue weighted by molar-refractivity contribution is -0.113. The zero-order chi connectivity index (χ0) is 26.2. The summed E-state index contributed by atoms with van der Waals surface area (Å²) < 4.78 is 5.18. The van der Waals surface area contributed by atoms with Gasteiger partial charge in [-0.15, -0.1) is 0 Å². The molecule has 184 valence electrons. The van der Waals surface area contributed by atoms with Crippen LogP contribution >= 0.6 is 23.2 Å². The summed E-state index contributed by atoms with van der Waals surface area (Å²) in [4.78, 5) is 38.4. The van der Waals surface area contributed by atoms with Crippen LogP contribution in [-0.2, 0) is 4.79 Å². The molecule has 0 aliphatic carbocycles. The second-order valence-corrected chi connectivity index (χ2v) is 8.57. The van der Waals surface area contributed by atoms with E-state index in [1.807, 2.05) is 0 Å². The fourth-order valence-electron chi connectivity index (χ4n) is 3.29. The highest BCUT2D eigenvalue weighted by atomic mass is 35.5. The molecule has 1 heterocycles. The first-order valence-electron chi connectivity index (χ1n) is 11.1. The van der Waals surface area contributed by atoms with Gasteiger partial charge in [-0.1, -0.05) is 47.5 Å². The summed E-state index contributed by atoms with van der Waals surface area (Å²) in [5.74, 6) is -0.738. The summed E-state index contributed by atoms with van der Waals surface area (Å²) >= 11 is 12.6. The number of carbonyl (C=O) groups is 3. The molecule has 37 heavy (non-hydrogen) atoms. The highest BCUT2D eigenvalue weighted by Gasteiger charge is 2.17. The van der Waals surface area contributed by atoms with Gasteiger partial charge in [-0.05, 0) is 78.9 Å². The van der Waals surface area contributed by atoms with Crippen molar-refractivity contribution in [3.05, 3.63) is 135 Å². The molecule has 2 amide bonds. The van der Waals surface area contributed by atoms with Crippen molar-refractivity contribution in [3.8, 4) is 0 Å². The van der Waals surface area contributed by atoms with Crippen molar-refractivity contribution in [3.63, 3.8) is 0 Å². The second kappa shape index (κ2) is 12.0. The maximum atomic E-state index is 13.2. The van der Waals surface area contributed by atoms with Crippen LogP contribution in [0.15, 0.2) is 107 Å². The number of halogens is 2. The van der Waals surface area contributed by atoms with Crippen LogP contribution in [0.2, 0.25) is 10.0 Å². The van der Waals surface area contributed by atoms with Gasteiger partial charge < -0.3 is 15.1 Å². The maximum absolute atomic E-state index is 13.2. The number of hydrogen-bond donors (Lipinski definition) is 2. The van der Waals surface area contributed by atoms with Crippen LogP contribution < -0.4 is 10.6 Å². The van der Waals surface area contributed by atoms with Crippen LogP contribution in [0.3, 0.4) is 0 Å². The summed E-state index contributed by atoms with van der Waals surface area (Å²) in [6.07, 6.45) is 5.91. The molecular formula is C29H20Cl2N2O4. The van der Waals surface area contributed by atoms with E-state index in [0.29, 0.717) is 38.2 Å². The number of benzene rings is 3. The molecule has 0 unspecified atom stereocenters. The molecule has 0 saturated carbocycles. The number of nitrogens with one attached hydrogen (secondary N) is 2. The topological polar surface area (TPSA) is 88.4 Å². The predicted octanol–water partition coefficient (Wildman–Crippen LogP) is 6.89. The third-order valence-corrected chi connectivity index (χ3v) is 5.85. The van der Waals surface area contributed by atoms with E-state index in [1.165, 1.54) is 18.4 Å². The number of rotatable bonds is 8. The Morgan fingerprint density at radius 3 is 2.11 bits per heavy atom. The van der Waals surface area contributed by atoms with Gasteiger partial charge >= 0.3 is 0 Å². The van der Waals surface area contributed by atoms with Crippen LogP contribution in [0.25, 0.3) is 12.2 Å². The molecule has 1 aromatic heterocycles. The van der Waals surface area contributed by atoms with Gasteiger partial charge in [-0.3, -0.25) is 14.4 Å². The number of furan rings is 1. The minimum atomic E-state index is -0.600. The molecule has 0 saturated heterocycles. The zero-order valence-electron chi connectivity index (χ0n) is 19.3. The summed E-state index contributed by atoms with van der Waals surface area (Å²) in [6.45, 7) is 0.